The molecule has 0 saturated heterocycles. The van der Waals surface area contributed by atoms with E-state index in [1.807, 2.05) is 29.8 Å². The molecule has 0 aliphatic rings. The van der Waals surface area contributed by atoms with Crippen LogP contribution in [0.25, 0.3) is 17.2 Å². The maximum Gasteiger partial charge on any atom is 0.238 e. The van der Waals surface area contributed by atoms with E-state index in [2.05, 4.69) is 57.2 Å². The number of aryl methyl sites for hydroxylation is 3. The molecular weight excluding hydrogens is 352 g/mol. The SMILES string of the molecule is COc1nc(-c2n[nH]c(Cc3cc(C)ccc3C)n2)ccc1-n1cnc(C)c1. The lowest BCUT2D eigenvalue weighted by molar-refractivity contribution is 0.396. The summed E-state index contributed by atoms with van der Waals surface area (Å²) >= 11 is 0. The van der Waals surface area contributed by atoms with Gasteiger partial charge in [0.15, 0.2) is 5.82 Å². The van der Waals surface area contributed by atoms with Gasteiger partial charge in [0.2, 0.25) is 5.88 Å². The van der Waals surface area contributed by atoms with E-state index in [-0.39, 0.29) is 0 Å². The normalized spacial score (nSPS) is 11.0. The van der Waals surface area contributed by atoms with Crippen molar-refractivity contribution in [1.29, 1.82) is 0 Å². The summed E-state index contributed by atoms with van der Waals surface area (Å²) in [4.78, 5) is 13.5. The number of hydrogen-bond donors (Lipinski definition) is 1. The number of benzene rings is 1. The standard InChI is InChI=1S/C21H22N6O/c1-13-5-6-14(2)16(9-13)10-19-24-20(26-25-19)17-7-8-18(21(23-17)28-4)27-11-15(3)22-12-27/h5-9,11-12H,10H2,1-4H3,(H,24,25,26). The van der Waals surface area contributed by atoms with Crippen LogP contribution in [-0.4, -0.2) is 36.8 Å². The Morgan fingerprint density at radius 2 is 1.93 bits per heavy atom. The summed E-state index contributed by atoms with van der Waals surface area (Å²) in [6.07, 6.45) is 4.36. The molecule has 28 heavy (non-hydrogen) atoms. The number of aromatic nitrogens is 6. The van der Waals surface area contributed by atoms with Crippen molar-refractivity contribution in [1.82, 2.24) is 29.7 Å². The van der Waals surface area contributed by atoms with Gasteiger partial charge in [0.1, 0.15) is 17.2 Å². The summed E-state index contributed by atoms with van der Waals surface area (Å²) < 4.78 is 7.36. The van der Waals surface area contributed by atoms with E-state index in [1.54, 1.807) is 13.4 Å². The number of imidazole rings is 1. The lowest BCUT2D eigenvalue weighted by atomic mass is 10.0. The van der Waals surface area contributed by atoms with Gasteiger partial charge >= 0.3 is 0 Å². The molecular formula is C21H22N6O. The number of nitrogens with one attached hydrogen (secondary N) is 1. The first kappa shape index (κ1) is 17.9. The summed E-state index contributed by atoms with van der Waals surface area (Å²) in [5, 5.41) is 7.37. The molecule has 0 atom stereocenters. The Labute approximate surface area is 163 Å². The number of nitrogens with zero attached hydrogens (tertiary/aromatic N) is 5. The molecule has 0 amide bonds. The zero-order valence-corrected chi connectivity index (χ0v) is 16.4. The van der Waals surface area contributed by atoms with E-state index in [4.69, 9.17) is 4.74 Å². The second-order valence-electron chi connectivity index (χ2n) is 6.86. The number of pyridine rings is 1. The molecule has 0 saturated carbocycles. The van der Waals surface area contributed by atoms with Crippen LogP contribution in [0.5, 0.6) is 5.88 Å². The van der Waals surface area contributed by atoms with Gasteiger partial charge in [-0.3, -0.25) is 5.10 Å². The molecule has 0 unspecified atom stereocenters. The number of aromatic amines is 1. The van der Waals surface area contributed by atoms with Gasteiger partial charge in [-0.1, -0.05) is 23.8 Å². The monoisotopic (exact) mass is 374 g/mol. The molecule has 0 fully saturated rings. The highest BCUT2D eigenvalue weighted by Crippen LogP contribution is 2.25. The quantitative estimate of drug-likeness (QED) is 0.577. The van der Waals surface area contributed by atoms with E-state index in [0.29, 0.717) is 23.8 Å². The van der Waals surface area contributed by atoms with Crippen molar-refractivity contribution in [2.24, 2.45) is 0 Å². The molecule has 7 nitrogen and oxygen atoms in total. The molecule has 0 bridgehead atoms. The highest BCUT2D eigenvalue weighted by atomic mass is 16.5. The Kier molecular flexibility index (Phi) is 4.65. The molecule has 1 N–H and O–H groups in total. The Balaban J connectivity index is 1.62. The third kappa shape index (κ3) is 3.51. The van der Waals surface area contributed by atoms with Gasteiger partial charge in [-0.2, -0.15) is 5.10 Å². The fourth-order valence-electron chi connectivity index (χ4n) is 3.12. The number of rotatable bonds is 5. The Bertz CT molecular complexity index is 1130. The molecule has 7 heteroatoms. The zero-order valence-electron chi connectivity index (χ0n) is 16.4. The fraction of sp³-hybridized carbons (Fsp3) is 0.238. The lowest BCUT2D eigenvalue weighted by Gasteiger charge is -2.08. The van der Waals surface area contributed by atoms with E-state index in [1.165, 1.54) is 16.7 Å². The number of H-pyrrole nitrogens is 1. The molecule has 4 aromatic rings. The third-order valence-corrected chi connectivity index (χ3v) is 4.65. The zero-order chi connectivity index (χ0) is 19.7. The minimum Gasteiger partial charge on any atom is -0.479 e. The van der Waals surface area contributed by atoms with E-state index in [9.17, 15) is 0 Å². The van der Waals surface area contributed by atoms with Crippen LogP contribution in [-0.2, 0) is 6.42 Å². The van der Waals surface area contributed by atoms with Crippen molar-refractivity contribution in [3.05, 3.63) is 71.1 Å². The largest absolute Gasteiger partial charge is 0.479 e. The minimum absolute atomic E-state index is 0.496. The smallest absolute Gasteiger partial charge is 0.238 e. The Morgan fingerprint density at radius 3 is 2.68 bits per heavy atom. The first-order valence-electron chi connectivity index (χ1n) is 9.07. The van der Waals surface area contributed by atoms with Gasteiger partial charge in [0.05, 0.1) is 19.1 Å². The van der Waals surface area contributed by atoms with E-state index < -0.39 is 0 Å². The predicted molar refractivity (Wildman–Crippen MR) is 107 cm³/mol. The van der Waals surface area contributed by atoms with Gasteiger partial charge < -0.3 is 9.30 Å². The molecule has 3 aromatic heterocycles. The summed E-state index contributed by atoms with van der Waals surface area (Å²) in [6, 6.07) is 10.2. The van der Waals surface area contributed by atoms with Crippen molar-refractivity contribution in [3.8, 4) is 23.1 Å². The predicted octanol–water partition coefficient (Wildman–Crippen LogP) is 3.58. The van der Waals surface area contributed by atoms with Crippen molar-refractivity contribution >= 4 is 0 Å². The summed E-state index contributed by atoms with van der Waals surface area (Å²) in [5.74, 6) is 1.85. The van der Waals surface area contributed by atoms with Crippen molar-refractivity contribution in [2.45, 2.75) is 27.2 Å². The molecule has 0 aliphatic carbocycles. The van der Waals surface area contributed by atoms with Gasteiger partial charge in [-0.05, 0) is 44.0 Å². The lowest BCUT2D eigenvalue weighted by Crippen LogP contribution is -2.00. The number of hydrogen-bond acceptors (Lipinski definition) is 5. The topological polar surface area (TPSA) is 81.5 Å². The van der Waals surface area contributed by atoms with Crippen LogP contribution in [0.15, 0.2) is 42.9 Å². The van der Waals surface area contributed by atoms with E-state index >= 15 is 0 Å². The van der Waals surface area contributed by atoms with Crippen molar-refractivity contribution in [3.63, 3.8) is 0 Å². The average molecular weight is 374 g/mol. The molecule has 4 rings (SSSR count). The van der Waals surface area contributed by atoms with Gasteiger partial charge in [0, 0.05) is 12.6 Å². The molecule has 0 radical (unpaired) electrons. The maximum atomic E-state index is 5.48. The molecule has 142 valence electrons. The van der Waals surface area contributed by atoms with Crippen LogP contribution in [0.1, 0.15) is 28.2 Å². The molecule has 0 aliphatic heterocycles. The second-order valence-corrected chi connectivity index (χ2v) is 6.86. The molecule has 3 heterocycles. The minimum atomic E-state index is 0.496. The van der Waals surface area contributed by atoms with Crippen LogP contribution >= 0.6 is 0 Å². The van der Waals surface area contributed by atoms with Crippen LogP contribution in [0.3, 0.4) is 0 Å². The molecule has 1 aromatic carbocycles. The fourth-order valence-corrected chi connectivity index (χ4v) is 3.12. The summed E-state index contributed by atoms with van der Waals surface area (Å²) in [7, 11) is 1.60. The van der Waals surface area contributed by atoms with Gasteiger partial charge in [-0.25, -0.2) is 15.0 Å². The van der Waals surface area contributed by atoms with Gasteiger partial charge in [0.25, 0.3) is 0 Å². The summed E-state index contributed by atoms with van der Waals surface area (Å²) in [5.41, 5.74) is 6.11. The van der Waals surface area contributed by atoms with Crippen molar-refractivity contribution < 1.29 is 4.74 Å². The van der Waals surface area contributed by atoms with Gasteiger partial charge in [-0.15, -0.1) is 0 Å². The van der Waals surface area contributed by atoms with Crippen LogP contribution < -0.4 is 4.74 Å². The Hall–Kier alpha value is -3.48. The number of methoxy groups -OCH3 is 1. The first-order chi connectivity index (χ1) is 13.5. The second kappa shape index (κ2) is 7.26. The van der Waals surface area contributed by atoms with Crippen LogP contribution in [0.4, 0.5) is 0 Å². The molecule has 0 spiro atoms. The van der Waals surface area contributed by atoms with Crippen LogP contribution in [0.2, 0.25) is 0 Å². The maximum absolute atomic E-state index is 5.48. The van der Waals surface area contributed by atoms with E-state index in [0.717, 1.165) is 17.2 Å². The van der Waals surface area contributed by atoms with Crippen molar-refractivity contribution in [2.75, 3.05) is 7.11 Å². The number of ether oxygens (including phenoxy) is 1. The third-order valence-electron chi connectivity index (χ3n) is 4.65. The highest BCUT2D eigenvalue weighted by molar-refractivity contribution is 5.55. The summed E-state index contributed by atoms with van der Waals surface area (Å²) in [6.45, 7) is 6.14. The highest BCUT2D eigenvalue weighted by Gasteiger charge is 2.14. The Morgan fingerprint density at radius 1 is 1.07 bits per heavy atom. The average Bonchev–Trinajstić information content (AvgIpc) is 3.33. The van der Waals surface area contributed by atoms with Crippen LogP contribution in [0, 0.1) is 20.8 Å². The first-order valence-corrected chi connectivity index (χ1v) is 9.07.